The van der Waals surface area contributed by atoms with E-state index in [1.165, 1.54) is 6.20 Å². The molecule has 8 nitrogen and oxygen atoms in total. The third-order valence-corrected chi connectivity index (χ3v) is 5.80. The van der Waals surface area contributed by atoms with Crippen molar-refractivity contribution in [2.45, 2.75) is 19.8 Å². The molecule has 1 saturated heterocycles. The van der Waals surface area contributed by atoms with E-state index in [4.69, 9.17) is 0 Å². The molecule has 0 bridgehead atoms. The van der Waals surface area contributed by atoms with Crippen molar-refractivity contribution in [2.75, 3.05) is 19.6 Å². The quantitative estimate of drug-likeness (QED) is 0.724. The van der Waals surface area contributed by atoms with E-state index in [2.05, 4.69) is 24.9 Å². The molecule has 0 unspecified atom stereocenters. The maximum Gasteiger partial charge on any atom is 0.271 e. The number of hydrogen-bond acceptors (Lipinski definition) is 7. The molecule has 0 spiro atoms. The molecule has 1 aromatic carbocycles. The summed E-state index contributed by atoms with van der Waals surface area (Å²) in [6.45, 7) is 3.71. The minimum Gasteiger partial charge on any atom is -0.350 e. The molecule has 3 heterocycles. The lowest BCUT2D eigenvalue weighted by molar-refractivity contribution is 0.0688. The number of carbonyl (C=O) groups is 2. The maximum absolute atomic E-state index is 12.5. The van der Waals surface area contributed by atoms with Crippen LogP contribution >= 0.6 is 11.5 Å². The van der Waals surface area contributed by atoms with E-state index in [0.717, 1.165) is 29.9 Å². The number of piperidine rings is 1. The number of rotatable bonds is 4. The van der Waals surface area contributed by atoms with E-state index in [1.807, 2.05) is 29.2 Å². The van der Waals surface area contributed by atoms with Crippen LogP contribution in [0.2, 0.25) is 0 Å². The average molecular weight is 396 g/mol. The largest absolute Gasteiger partial charge is 0.350 e. The smallest absolute Gasteiger partial charge is 0.271 e. The number of aromatic nitrogens is 4. The minimum atomic E-state index is -0.219. The van der Waals surface area contributed by atoms with Gasteiger partial charge in [-0.25, -0.2) is 4.98 Å². The number of fused-ring (bicyclic) bond motifs is 1. The van der Waals surface area contributed by atoms with E-state index in [-0.39, 0.29) is 11.8 Å². The van der Waals surface area contributed by atoms with Crippen molar-refractivity contribution in [3.8, 4) is 0 Å². The highest BCUT2D eigenvalue weighted by molar-refractivity contribution is 7.07. The fraction of sp³-hybridized carbons (Fsp3) is 0.368. The van der Waals surface area contributed by atoms with E-state index in [1.54, 1.807) is 6.92 Å². The molecule has 1 N–H and O–H groups in total. The molecule has 2 aromatic heterocycles. The second-order valence-electron chi connectivity index (χ2n) is 6.88. The molecule has 1 aliphatic heterocycles. The van der Waals surface area contributed by atoms with Crippen LogP contribution in [-0.4, -0.2) is 55.9 Å². The summed E-state index contributed by atoms with van der Waals surface area (Å²) in [5.74, 6) is 0.117. The van der Waals surface area contributed by atoms with Gasteiger partial charge in [0.05, 0.1) is 22.9 Å². The number of amides is 2. The normalized spacial score (nSPS) is 15.0. The minimum absolute atomic E-state index is 0.00132. The number of nitrogens with one attached hydrogen (secondary N) is 1. The van der Waals surface area contributed by atoms with Gasteiger partial charge in [-0.15, -0.1) is 5.10 Å². The zero-order chi connectivity index (χ0) is 19.5. The van der Waals surface area contributed by atoms with E-state index >= 15 is 0 Å². The molecule has 9 heteroatoms. The first-order chi connectivity index (χ1) is 13.6. The van der Waals surface area contributed by atoms with Gasteiger partial charge in [-0.2, -0.15) is 0 Å². The van der Waals surface area contributed by atoms with Gasteiger partial charge in [-0.05, 0) is 49.3 Å². The lowest BCUT2D eigenvalue weighted by atomic mass is 9.96. The van der Waals surface area contributed by atoms with Crippen molar-refractivity contribution >= 4 is 34.4 Å². The predicted octanol–water partition coefficient (Wildman–Crippen LogP) is 2.07. The molecule has 1 aliphatic rings. The van der Waals surface area contributed by atoms with Crippen molar-refractivity contribution < 1.29 is 9.59 Å². The Morgan fingerprint density at radius 2 is 1.96 bits per heavy atom. The van der Waals surface area contributed by atoms with Crippen LogP contribution in [0.5, 0.6) is 0 Å². The summed E-state index contributed by atoms with van der Waals surface area (Å²) < 4.78 is 3.83. The van der Waals surface area contributed by atoms with Crippen LogP contribution in [0.25, 0.3) is 11.0 Å². The number of likely N-dealkylation sites (tertiary alicyclic amines) is 1. The van der Waals surface area contributed by atoms with E-state index < -0.39 is 0 Å². The molecule has 0 aliphatic carbocycles. The van der Waals surface area contributed by atoms with Gasteiger partial charge in [0.2, 0.25) is 0 Å². The first-order valence-corrected chi connectivity index (χ1v) is 9.97. The Balaban J connectivity index is 1.29. The summed E-state index contributed by atoms with van der Waals surface area (Å²) in [5.41, 5.74) is 2.47. The number of aryl methyl sites for hydroxylation is 1. The van der Waals surface area contributed by atoms with Crippen LogP contribution in [0.15, 0.2) is 30.5 Å². The molecule has 28 heavy (non-hydrogen) atoms. The number of carbonyl (C=O) groups excluding carboxylic acids is 2. The van der Waals surface area contributed by atoms with Crippen LogP contribution in [-0.2, 0) is 0 Å². The second-order valence-corrected chi connectivity index (χ2v) is 7.63. The Morgan fingerprint density at radius 3 is 2.68 bits per heavy atom. The lowest BCUT2D eigenvalue weighted by Gasteiger charge is -2.31. The average Bonchev–Trinajstić information content (AvgIpc) is 3.17. The first-order valence-electron chi connectivity index (χ1n) is 9.20. The topological polar surface area (TPSA) is 101 Å². The fourth-order valence-electron chi connectivity index (χ4n) is 3.31. The molecular weight excluding hydrogens is 376 g/mol. The molecule has 1 fully saturated rings. The maximum atomic E-state index is 12.5. The van der Waals surface area contributed by atoms with Gasteiger partial charge in [0.25, 0.3) is 11.8 Å². The third-order valence-electron chi connectivity index (χ3n) is 4.98. The monoisotopic (exact) mass is 396 g/mol. The SMILES string of the molecule is Cc1nnsc1C(=O)N1CCC(CNC(=O)c2cnc3ccccc3n2)CC1. The Hall–Kier alpha value is -2.94. The van der Waals surface area contributed by atoms with Gasteiger partial charge in [0.15, 0.2) is 0 Å². The highest BCUT2D eigenvalue weighted by atomic mass is 32.1. The van der Waals surface area contributed by atoms with Gasteiger partial charge in [-0.3, -0.25) is 14.6 Å². The summed E-state index contributed by atoms with van der Waals surface area (Å²) in [6, 6.07) is 7.47. The number of para-hydroxylation sites is 2. The van der Waals surface area contributed by atoms with Gasteiger partial charge < -0.3 is 10.2 Å². The van der Waals surface area contributed by atoms with Crippen LogP contribution < -0.4 is 5.32 Å². The van der Waals surface area contributed by atoms with Crippen molar-refractivity contribution in [1.82, 2.24) is 29.8 Å². The van der Waals surface area contributed by atoms with Gasteiger partial charge in [0.1, 0.15) is 10.6 Å². The molecule has 3 aromatic rings. The molecule has 0 saturated carbocycles. The Labute approximate surface area is 166 Å². The van der Waals surface area contributed by atoms with Crippen LogP contribution in [0.3, 0.4) is 0 Å². The molecule has 0 atom stereocenters. The molecular formula is C19H20N6O2S. The number of benzene rings is 1. The van der Waals surface area contributed by atoms with Crippen molar-refractivity contribution in [3.63, 3.8) is 0 Å². The summed E-state index contributed by atoms with van der Waals surface area (Å²) >= 11 is 1.14. The van der Waals surface area contributed by atoms with Crippen molar-refractivity contribution in [3.05, 3.63) is 46.7 Å². The fourth-order valence-corrected chi connectivity index (χ4v) is 3.93. The van der Waals surface area contributed by atoms with E-state index in [0.29, 0.717) is 47.3 Å². The molecule has 4 rings (SSSR count). The third kappa shape index (κ3) is 3.84. The Kier molecular flexibility index (Phi) is 5.25. The van der Waals surface area contributed by atoms with Gasteiger partial charge >= 0.3 is 0 Å². The Bertz CT molecular complexity index is 1010. The standard InChI is InChI=1S/C19H20N6O2S/c1-12-17(28-24-23-12)19(27)25-8-6-13(7-9-25)10-21-18(26)16-11-20-14-4-2-3-5-15(14)22-16/h2-5,11,13H,6-10H2,1H3,(H,21,26). The van der Waals surface area contributed by atoms with Crippen LogP contribution in [0, 0.1) is 12.8 Å². The van der Waals surface area contributed by atoms with Gasteiger partial charge in [-0.1, -0.05) is 16.6 Å². The highest BCUT2D eigenvalue weighted by Gasteiger charge is 2.26. The van der Waals surface area contributed by atoms with Crippen molar-refractivity contribution in [1.29, 1.82) is 0 Å². The zero-order valence-electron chi connectivity index (χ0n) is 15.5. The Morgan fingerprint density at radius 1 is 1.21 bits per heavy atom. The van der Waals surface area contributed by atoms with Crippen LogP contribution in [0.1, 0.15) is 38.7 Å². The first kappa shape index (κ1) is 18.4. The zero-order valence-corrected chi connectivity index (χ0v) is 16.3. The summed E-state index contributed by atoms with van der Waals surface area (Å²) in [7, 11) is 0. The molecule has 0 radical (unpaired) electrons. The molecule has 144 valence electrons. The van der Waals surface area contributed by atoms with Crippen LogP contribution in [0.4, 0.5) is 0 Å². The van der Waals surface area contributed by atoms with Crippen molar-refractivity contribution in [2.24, 2.45) is 5.92 Å². The number of hydrogen-bond donors (Lipinski definition) is 1. The lowest BCUT2D eigenvalue weighted by Crippen LogP contribution is -2.41. The predicted molar refractivity (Wildman–Crippen MR) is 105 cm³/mol. The summed E-state index contributed by atoms with van der Waals surface area (Å²) in [5, 5.41) is 6.86. The summed E-state index contributed by atoms with van der Waals surface area (Å²) in [6.07, 6.45) is 3.20. The second kappa shape index (κ2) is 7.97. The summed E-state index contributed by atoms with van der Waals surface area (Å²) in [4.78, 5) is 36.0. The van der Waals surface area contributed by atoms with Gasteiger partial charge in [0, 0.05) is 19.6 Å². The highest BCUT2D eigenvalue weighted by Crippen LogP contribution is 2.20. The van der Waals surface area contributed by atoms with E-state index in [9.17, 15) is 9.59 Å². The molecule has 2 amide bonds. The number of nitrogens with zero attached hydrogens (tertiary/aromatic N) is 5.